The average molecular weight is 399 g/mol. The molecule has 3 aliphatic rings. The van der Waals surface area contributed by atoms with E-state index in [2.05, 4.69) is 15.4 Å². The molecule has 1 aliphatic heterocycles. The number of pyridine rings is 1. The Labute approximate surface area is 168 Å². The number of carbonyl (C=O) groups is 2. The van der Waals surface area contributed by atoms with Gasteiger partial charge in [0, 0.05) is 30.8 Å². The first-order valence-corrected chi connectivity index (χ1v) is 10.6. The first-order valence-electron chi connectivity index (χ1n) is 10.6. The van der Waals surface area contributed by atoms with Gasteiger partial charge in [0.1, 0.15) is 0 Å². The summed E-state index contributed by atoms with van der Waals surface area (Å²) >= 11 is 0. The minimum absolute atomic E-state index is 0.0600. The summed E-state index contributed by atoms with van der Waals surface area (Å²) in [4.78, 5) is 30.1. The summed E-state index contributed by atoms with van der Waals surface area (Å²) in [5, 5.41) is 7.13. The maximum Gasteiger partial charge on any atom is 0.249 e. The highest BCUT2D eigenvalue weighted by atomic mass is 19.1. The third-order valence-electron chi connectivity index (χ3n) is 6.81. The van der Waals surface area contributed by atoms with E-state index in [-0.39, 0.29) is 29.1 Å². The van der Waals surface area contributed by atoms with Crippen molar-refractivity contribution in [2.45, 2.75) is 57.5 Å². The Kier molecular flexibility index (Phi) is 4.15. The number of rotatable bonds is 4. The summed E-state index contributed by atoms with van der Waals surface area (Å²) in [5.41, 5.74) is -0.384. The second kappa shape index (κ2) is 6.50. The number of alkyl halides is 1. The molecule has 2 aromatic rings. The van der Waals surface area contributed by atoms with Gasteiger partial charge >= 0.3 is 0 Å². The zero-order valence-electron chi connectivity index (χ0n) is 16.7. The van der Waals surface area contributed by atoms with Gasteiger partial charge in [-0.3, -0.25) is 14.9 Å². The highest BCUT2D eigenvalue weighted by Gasteiger charge is 2.51. The standard InChI is InChI=1S/C21H26FN5O2/c1-2-17(28)26-12-20(13-26)8-10-21(22,11-9-20)15-4-3-5-16-23-19(25-27(15)16)24-18(29)14-6-7-14/h3-5,14H,2,6-13H2,1H3,(H,24,25,29). The molecule has 2 saturated carbocycles. The molecule has 3 heterocycles. The summed E-state index contributed by atoms with van der Waals surface area (Å²) in [6, 6.07) is 5.33. The van der Waals surface area contributed by atoms with E-state index in [1.807, 2.05) is 11.8 Å². The van der Waals surface area contributed by atoms with E-state index in [4.69, 9.17) is 0 Å². The zero-order valence-corrected chi connectivity index (χ0v) is 16.7. The van der Waals surface area contributed by atoms with E-state index in [0.717, 1.165) is 38.8 Å². The second-order valence-corrected chi connectivity index (χ2v) is 8.95. The largest absolute Gasteiger partial charge is 0.341 e. The predicted molar refractivity (Wildman–Crippen MR) is 105 cm³/mol. The van der Waals surface area contributed by atoms with Crippen molar-refractivity contribution in [2.24, 2.45) is 11.3 Å². The van der Waals surface area contributed by atoms with Gasteiger partial charge in [-0.2, -0.15) is 4.98 Å². The highest BCUT2D eigenvalue weighted by molar-refractivity contribution is 5.92. The summed E-state index contributed by atoms with van der Waals surface area (Å²) < 4.78 is 17.5. The van der Waals surface area contributed by atoms with Crippen LogP contribution in [0.4, 0.5) is 10.3 Å². The van der Waals surface area contributed by atoms with Crippen LogP contribution in [0.2, 0.25) is 0 Å². The van der Waals surface area contributed by atoms with Crippen LogP contribution in [0.25, 0.3) is 5.65 Å². The van der Waals surface area contributed by atoms with Gasteiger partial charge in [0.25, 0.3) is 0 Å². The van der Waals surface area contributed by atoms with Crippen molar-refractivity contribution in [1.82, 2.24) is 19.5 Å². The minimum Gasteiger partial charge on any atom is -0.341 e. The maximum absolute atomic E-state index is 16.0. The number of hydrogen-bond donors (Lipinski definition) is 1. The van der Waals surface area contributed by atoms with Gasteiger partial charge < -0.3 is 4.90 Å². The van der Waals surface area contributed by atoms with Gasteiger partial charge in [0.2, 0.25) is 17.8 Å². The smallest absolute Gasteiger partial charge is 0.249 e. The molecule has 1 spiro atoms. The normalized spacial score (nSPS) is 22.5. The monoisotopic (exact) mass is 399 g/mol. The summed E-state index contributed by atoms with van der Waals surface area (Å²) in [5.74, 6) is 0.414. The number of hydrogen-bond acceptors (Lipinski definition) is 4. The molecule has 2 amide bonds. The number of nitrogens with one attached hydrogen (secondary N) is 1. The Balaban J connectivity index is 1.33. The Morgan fingerprint density at radius 2 is 1.93 bits per heavy atom. The van der Waals surface area contributed by atoms with Gasteiger partial charge in [-0.1, -0.05) is 13.0 Å². The number of halogens is 1. The number of likely N-dealkylation sites (tertiary alicyclic amines) is 1. The number of aromatic nitrogens is 3. The highest BCUT2D eigenvalue weighted by Crippen LogP contribution is 2.51. The lowest BCUT2D eigenvalue weighted by molar-refractivity contribution is -0.148. The van der Waals surface area contributed by atoms with E-state index in [1.165, 1.54) is 4.52 Å². The molecule has 1 N–H and O–H groups in total. The topological polar surface area (TPSA) is 79.6 Å². The lowest BCUT2D eigenvalue weighted by atomic mass is 9.64. The van der Waals surface area contributed by atoms with Crippen LogP contribution in [0.1, 0.15) is 57.6 Å². The molecular weight excluding hydrogens is 373 g/mol. The van der Waals surface area contributed by atoms with Crippen LogP contribution in [0.3, 0.4) is 0 Å². The molecule has 154 valence electrons. The number of carbonyl (C=O) groups excluding carboxylic acids is 2. The molecule has 0 aromatic carbocycles. The van der Waals surface area contributed by atoms with E-state index in [0.29, 0.717) is 30.6 Å². The van der Waals surface area contributed by atoms with Gasteiger partial charge in [0.05, 0.1) is 5.69 Å². The van der Waals surface area contributed by atoms with E-state index >= 15 is 4.39 Å². The first kappa shape index (κ1) is 18.5. The third-order valence-corrected chi connectivity index (χ3v) is 6.81. The fourth-order valence-corrected chi connectivity index (χ4v) is 4.77. The van der Waals surface area contributed by atoms with Crippen LogP contribution in [-0.2, 0) is 15.3 Å². The molecule has 2 aliphatic carbocycles. The Morgan fingerprint density at radius 1 is 1.21 bits per heavy atom. The van der Waals surface area contributed by atoms with Crippen LogP contribution >= 0.6 is 0 Å². The molecule has 0 unspecified atom stereocenters. The van der Waals surface area contributed by atoms with Crippen LogP contribution < -0.4 is 5.32 Å². The zero-order chi connectivity index (χ0) is 20.2. The summed E-state index contributed by atoms with van der Waals surface area (Å²) in [6.07, 6.45) is 4.66. The molecule has 0 atom stereocenters. The molecule has 2 aromatic heterocycles. The Morgan fingerprint density at radius 3 is 2.59 bits per heavy atom. The SMILES string of the molecule is CCC(=O)N1CC2(CCC(F)(c3cccc4nc(NC(=O)C5CC5)nn34)CC2)C1. The number of nitrogens with zero attached hydrogens (tertiary/aromatic N) is 4. The summed E-state index contributed by atoms with van der Waals surface area (Å²) in [7, 11) is 0. The number of amides is 2. The molecule has 5 rings (SSSR count). The quantitative estimate of drug-likeness (QED) is 0.857. The molecule has 3 fully saturated rings. The van der Waals surface area contributed by atoms with E-state index in [1.54, 1.807) is 18.2 Å². The Bertz CT molecular complexity index is 967. The third kappa shape index (κ3) is 3.18. The van der Waals surface area contributed by atoms with Gasteiger partial charge in [-0.15, -0.1) is 5.10 Å². The average Bonchev–Trinajstić information content (AvgIpc) is 3.46. The molecule has 0 bridgehead atoms. The predicted octanol–water partition coefficient (Wildman–Crippen LogP) is 3.06. The van der Waals surface area contributed by atoms with Crippen LogP contribution in [0, 0.1) is 11.3 Å². The van der Waals surface area contributed by atoms with Crippen molar-refractivity contribution in [3.8, 4) is 0 Å². The molecule has 0 radical (unpaired) electrons. The molecule has 7 nitrogen and oxygen atoms in total. The first-order chi connectivity index (χ1) is 13.9. The lowest BCUT2D eigenvalue weighted by Crippen LogP contribution is -2.60. The Hall–Kier alpha value is -2.51. The van der Waals surface area contributed by atoms with Crippen molar-refractivity contribution in [1.29, 1.82) is 0 Å². The number of fused-ring (bicyclic) bond motifs is 1. The molecule has 8 heteroatoms. The fourth-order valence-electron chi connectivity index (χ4n) is 4.77. The number of anilines is 1. The molecular formula is C21H26FN5O2. The van der Waals surface area contributed by atoms with Crippen LogP contribution in [0.15, 0.2) is 18.2 Å². The van der Waals surface area contributed by atoms with Crippen LogP contribution in [0.5, 0.6) is 0 Å². The molecule has 29 heavy (non-hydrogen) atoms. The van der Waals surface area contributed by atoms with Crippen molar-refractivity contribution in [3.05, 3.63) is 23.9 Å². The molecule has 1 saturated heterocycles. The van der Waals surface area contributed by atoms with E-state index in [9.17, 15) is 9.59 Å². The van der Waals surface area contributed by atoms with Gasteiger partial charge in [-0.25, -0.2) is 8.91 Å². The minimum atomic E-state index is -1.48. The van der Waals surface area contributed by atoms with Crippen molar-refractivity contribution >= 4 is 23.4 Å². The van der Waals surface area contributed by atoms with Crippen LogP contribution in [-0.4, -0.2) is 44.4 Å². The van der Waals surface area contributed by atoms with Gasteiger partial charge in [0.15, 0.2) is 11.3 Å². The summed E-state index contributed by atoms with van der Waals surface area (Å²) in [6.45, 7) is 3.38. The lowest BCUT2D eigenvalue weighted by Gasteiger charge is -2.54. The second-order valence-electron chi connectivity index (χ2n) is 8.95. The van der Waals surface area contributed by atoms with Gasteiger partial charge in [-0.05, 0) is 50.7 Å². The van der Waals surface area contributed by atoms with Crippen molar-refractivity contribution in [2.75, 3.05) is 18.4 Å². The maximum atomic E-state index is 16.0. The van der Waals surface area contributed by atoms with Crippen molar-refractivity contribution < 1.29 is 14.0 Å². The van der Waals surface area contributed by atoms with Crippen molar-refractivity contribution in [3.63, 3.8) is 0 Å². The van der Waals surface area contributed by atoms with E-state index < -0.39 is 5.67 Å². The fraction of sp³-hybridized carbons (Fsp3) is 0.619.